The van der Waals surface area contributed by atoms with E-state index in [1.54, 1.807) is 0 Å². The van der Waals surface area contributed by atoms with Crippen molar-refractivity contribution in [3.63, 3.8) is 0 Å². The first kappa shape index (κ1) is 15.3. The van der Waals surface area contributed by atoms with Crippen molar-refractivity contribution < 1.29 is 9.18 Å². The molecule has 1 amide bonds. The number of anilines is 1. The van der Waals surface area contributed by atoms with Crippen molar-refractivity contribution in [1.29, 1.82) is 0 Å². The molecule has 1 heterocycles. The molecule has 1 aliphatic carbocycles. The fraction of sp³-hybridized carbons (Fsp3) is 0.357. The van der Waals surface area contributed by atoms with Crippen LogP contribution in [0.5, 0.6) is 0 Å². The summed E-state index contributed by atoms with van der Waals surface area (Å²) >= 11 is 7.18. The highest BCUT2D eigenvalue weighted by molar-refractivity contribution is 7.99. The van der Waals surface area contributed by atoms with Gasteiger partial charge in [-0.1, -0.05) is 23.4 Å². The summed E-state index contributed by atoms with van der Waals surface area (Å²) in [6.07, 6.45) is 2.31. The van der Waals surface area contributed by atoms with E-state index in [2.05, 4.69) is 15.5 Å². The van der Waals surface area contributed by atoms with Gasteiger partial charge in [0.15, 0.2) is 5.16 Å². The Morgan fingerprint density at radius 3 is 2.95 bits per heavy atom. The van der Waals surface area contributed by atoms with Gasteiger partial charge < -0.3 is 9.88 Å². The van der Waals surface area contributed by atoms with Gasteiger partial charge in [0.1, 0.15) is 11.6 Å². The summed E-state index contributed by atoms with van der Waals surface area (Å²) in [5.74, 6) is 1.01. The first-order valence-corrected chi connectivity index (χ1v) is 8.18. The molecule has 1 saturated carbocycles. The lowest BCUT2D eigenvalue weighted by Gasteiger charge is -2.07. The molecule has 1 N–H and O–H groups in total. The second-order valence-corrected chi connectivity index (χ2v) is 6.48. The van der Waals surface area contributed by atoms with E-state index < -0.39 is 5.82 Å². The molecule has 1 fully saturated rings. The Hall–Kier alpha value is -1.60. The first-order valence-electron chi connectivity index (χ1n) is 6.81. The Morgan fingerprint density at radius 2 is 2.27 bits per heavy atom. The summed E-state index contributed by atoms with van der Waals surface area (Å²) in [4.78, 5) is 11.9. The quantitative estimate of drug-likeness (QED) is 0.849. The van der Waals surface area contributed by atoms with E-state index in [9.17, 15) is 9.18 Å². The SMILES string of the molecule is Cn1c(SCC(=O)Nc2ccc(F)cc2Cl)nnc1C1CC1. The first-order chi connectivity index (χ1) is 10.5. The van der Waals surface area contributed by atoms with Gasteiger partial charge in [0, 0.05) is 13.0 Å². The van der Waals surface area contributed by atoms with E-state index >= 15 is 0 Å². The maximum atomic E-state index is 13.0. The van der Waals surface area contributed by atoms with Crippen LogP contribution < -0.4 is 5.32 Å². The van der Waals surface area contributed by atoms with Crippen LogP contribution in [0.1, 0.15) is 24.6 Å². The maximum absolute atomic E-state index is 13.0. The summed E-state index contributed by atoms with van der Waals surface area (Å²) in [7, 11) is 1.91. The number of hydrogen-bond acceptors (Lipinski definition) is 4. The molecule has 8 heteroatoms. The maximum Gasteiger partial charge on any atom is 0.234 e. The lowest BCUT2D eigenvalue weighted by molar-refractivity contribution is -0.113. The zero-order valence-electron chi connectivity index (χ0n) is 11.8. The Kier molecular flexibility index (Phi) is 4.35. The number of hydrogen-bond donors (Lipinski definition) is 1. The van der Waals surface area contributed by atoms with Crippen molar-refractivity contribution in [2.24, 2.45) is 7.05 Å². The van der Waals surface area contributed by atoms with Gasteiger partial charge >= 0.3 is 0 Å². The van der Waals surface area contributed by atoms with Gasteiger partial charge in [-0.2, -0.15) is 0 Å². The molecule has 0 aliphatic heterocycles. The van der Waals surface area contributed by atoms with Gasteiger partial charge in [0.2, 0.25) is 5.91 Å². The van der Waals surface area contributed by atoms with Crippen LogP contribution in [0.15, 0.2) is 23.4 Å². The molecule has 1 aromatic heterocycles. The Labute approximate surface area is 136 Å². The molecule has 2 aromatic rings. The molecular weight excluding hydrogens is 327 g/mol. The van der Waals surface area contributed by atoms with E-state index in [1.165, 1.54) is 23.9 Å². The Morgan fingerprint density at radius 1 is 1.50 bits per heavy atom. The van der Waals surface area contributed by atoms with E-state index in [4.69, 9.17) is 11.6 Å². The second kappa shape index (κ2) is 6.26. The fourth-order valence-electron chi connectivity index (χ4n) is 2.06. The van der Waals surface area contributed by atoms with E-state index in [1.807, 2.05) is 11.6 Å². The molecule has 0 unspecified atom stereocenters. The third kappa shape index (κ3) is 3.41. The van der Waals surface area contributed by atoms with Gasteiger partial charge in [-0.25, -0.2) is 4.39 Å². The summed E-state index contributed by atoms with van der Waals surface area (Å²) < 4.78 is 14.9. The summed E-state index contributed by atoms with van der Waals surface area (Å²) in [5, 5.41) is 11.8. The van der Waals surface area contributed by atoms with E-state index in [0.717, 1.165) is 24.7 Å². The van der Waals surface area contributed by atoms with E-state index in [-0.39, 0.29) is 16.7 Å². The number of carbonyl (C=O) groups excluding carboxylic acids is 1. The number of nitrogens with one attached hydrogen (secondary N) is 1. The van der Waals surface area contributed by atoms with Crippen LogP contribution in [0.25, 0.3) is 0 Å². The average Bonchev–Trinajstić information content (AvgIpc) is 3.24. The Bertz CT molecular complexity index is 717. The van der Waals surface area contributed by atoms with Gasteiger partial charge in [-0.15, -0.1) is 10.2 Å². The highest BCUT2D eigenvalue weighted by atomic mass is 35.5. The summed E-state index contributed by atoms with van der Waals surface area (Å²) in [6, 6.07) is 3.85. The molecule has 0 radical (unpaired) electrons. The number of amides is 1. The van der Waals surface area contributed by atoms with Crippen molar-refractivity contribution >= 4 is 35.0 Å². The zero-order valence-corrected chi connectivity index (χ0v) is 13.4. The average molecular weight is 341 g/mol. The topological polar surface area (TPSA) is 59.8 Å². The normalized spacial score (nSPS) is 14.1. The number of benzene rings is 1. The minimum atomic E-state index is -0.441. The minimum absolute atomic E-state index is 0.174. The lowest BCUT2D eigenvalue weighted by Crippen LogP contribution is -2.15. The standard InChI is InChI=1S/C14H14ClFN4OS/c1-20-13(8-2-3-8)18-19-14(20)22-7-12(21)17-11-5-4-9(16)6-10(11)15/h4-6,8H,2-3,7H2,1H3,(H,17,21). The second-order valence-electron chi connectivity index (χ2n) is 5.14. The lowest BCUT2D eigenvalue weighted by atomic mass is 10.3. The molecule has 0 atom stereocenters. The molecule has 1 aromatic carbocycles. The molecule has 3 rings (SSSR count). The van der Waals surface area contributed by atoms with Crippen molar-refractivity contribution in [1.82, 2.24) is 14.8 Å². The molecule has 0 spiro atoms. The number of aromatic nitrogens is 3. The predicted molar refractivity (Wildman–Crippen MR) is 83.7 cm³/mol. The molecule has 1 aliphatic rings. The largest absolute Gasteiger partial charge is 0.324 e. The van der Waals surface area contributed by atoms with Crippen molar-refractivity contribution in [3.8, 4) is 0 Å². The van der Waals surface area contributed by atoms with Crippen LogP contribution >= 0.6 is 23.4 Å². The van der Waals surface area contributed by atoms with Crippen LogP contribution in [0.2, 0.25) is 5.02 Å². The number of carbonyl (C=O) groups is 1. The monoisotopic (exact) mass is 340 g/mol. The van der Waals surface area contributed by atoms with Crippen LogP contribution in [0.4, 0.5) is 10.1 Å². The van der Waals surface area contributed by atoms with Gasteiger partial charge in [0.25, 0.3) is 0 Å². The fourth-order valence-corrected chi connectivity index (χ4v) is 2.99. The highest BCUT2D eigenvalue weighted by Crippen LogP contribution is 2.39. The van der Waals surface area contributed by atoms with Crippen LogP contribution in [0, 0.1) is 5.82 Å². The zero-order chi connectivity index (χ0) is 15.7. The number of halogens is 2. The van der Waals surface area contributed by atoms with Crippen LogP contribution in [-0.4, -0.2) is 26.4 Å². The molecule has 0 bridgehead atoms. The van der Waals surface area contributed by atoms with Crippen LogP contribution in [-0.2, 0) is 11.8 Å². The van der Waals surface area contributed by atoms with Crippen LogP contribution in [0.3, 0.4) is 0 Å². The Balaban J connectivity index is 1.58. The molecule has 22 heavy (non-hydrogen) atoms. The van der Waals surface area contributed by atoms with E-state index in [0.29, 0.717) is 16.8 Å². The van der Waals surface area contributed by atoms with Gasteiger partial charge in [-0.05, 0) is 31.0 Å². The molecular formula is C14H14ClFN4OS. The van der Waals surface area contributed by atoms with Gasteiger partial charge in [-0.3, -0.25) is 4.79 Å². The minimum Gasteiger partial charge on any atom is -0.324 e. The smallest absolute Gasteiger partial charge is 0.234 e. The van der Waals surface area contributed by atoms with Gasteiger partial charge in [0.05, 0.1) is 16.5 Å². The summed E-state index contributed by atoms with van der Waals surface area (Å²) in [5.41, 5.74) is 0.394. The number of nitrogens with zero attached hydrogens (tertiary/aromatic N) is 3. The third-order valence-electron chi connectivity index (χ3n) is 3.35. The highest BCUT2D eigenvalue weighted by Gasteiger charge is 2.29. The summed E-state index contributed by atoms with van der Waals surface area (Å²) in [6.45, 7) is 0. The number of rotatable bonds is 5. The third-order valence-corrected chi connectivity index (χ3v) is 4.68. The number of thioether (sulfide) groups is 1. The van der Waals surface area contributed by atoms with Crippen molar-refractivity contribution in [2.45, 2.75) is 23.9 Å². The molecule has 5 nitrogen and oxygen atoms in total. The predicted octanol–water partition coefficient (Wildman–Crippen LogP) is 3.22. The molecule has 116 valence electrons. The molecule has 0 saturated heterocycles. The van der Waals surface area contributed by atoms with Crippen molar-refractivity contribution in [2.75, 3.05) is 11.1 Å². The van der Waals surface area contributed by atoms with Crippen molar-refractivity contribution in [3.05, 3.63) is 34.9 Å².